The predicted molar refractivity (Wildman–Crippen MR) is 68.9 cm³/mol. The molecule has 0 aliphatic rings. The second-order valence-electron chi connectivity index (χ2n) is 4.00. The van der Waals surface area contributed by atoms with E-state index in [2.05, 4.69) is 20.4 Å². The van der Waals surface area contributed by atoms with Crippen LogP contribution in [0.3, 0.4) is 0 Å². The Morgan fingerprint density at radius 1 is 1.16 bits per heavy atom. The molecule has 0 radical (unpaired) electrons. The molecule has 7 nitrogen and oxygen atoms in total. The van der Waals surface area contributed by atoms with Crippen LogP contribution in [0.1, 0.15) is 11.1 Å². The topological polar surface area (TPSA) is 74.1 Å². The summed E-state index contributed by atoms with van der Waals surface area (Å²) in [5.74, 6) is 1.04. The average molecular weight is 263 g/mol. The Labute approximate surface area is 111 Å². The third kappa shape index (κ3) is 3.19. The molecule has 0 aromatic carbocycles. The zero-order valence-electron chi connectivity index (χ0n) is 11.3. The maximum Gasteiger partial charge on any atom is 0.224 e. The lowest BCUT2D eigenvalue weighted by molar-refractivity contribution is 0.359. The molecule has 0 aliphatic heterocycles. The Bertz CT molecular complexity index is 518. The lowest BCUT2D eigenvalue weighted by Gasteiger charge is -2.11. The molecule has 0 bridgehead atoms. The third-order valence-electron chi connectivity index (χ3n) is 2.64. The fourth-order valence-electron chi connectivity index (χ4n) is 1.78. The molecule has 0 spiro atoms. The average Bonchev–Trinajstić information content (AvgIpc) is 2.84. The Hall–Kier alpha value is -2.15. The smallest absolute Gasteiger partial charge is 0.224 e. The van der Waals surface area contributed by atoms with Gasteiger partial charge in [0.15, 0.2) is 0 Å². The van der Waals surface area contributed by atoms with Crippen molar-refractivity contribution in [3.63, 3.8) is 0 Å². The minimum absolute atomic E-state index is 0.519. The highest BCUT2D eigenvalue weighted by atomic mass is 16.5. The maximum atomic E-state index is 5.21. The van der Waals surface area contributed by atoms with Crippen LogP contribution in [0.15, 0.2) is 18.7 Å². The first kappa shape index (κ1) is 13.3. The fourth-order valence-corrected chi connectivity index (χ4v) is 1.78. The standard InChI is InChI=1S/C12H17N5O2/c1-17-7-9(5-16-17)4-13-6-10-11(18-2)14-8-15-12(10)19-3/h5,7-8,13H,4,6H2,1-3H3. The van der Waals surface area contributed by atoms with Gasteiger partial charge >= 0.3 is 0 Å². The van der Waals surface area contributed by atoms with Gasteiger partial charge in [0.05, 0.1) is 26.0 Å². The molecule has 2 heterocycles. The number of aromatic nitrogens is 4. The first-order chi connectivity index (χ1) is 9.24. The predicted octanol–water partition coefficient (Wildman–Crippen LogP) is 0.517. The van der Waals surface area contributed by atoms with E-state index in [1.807, 2.05) is 19.4 Å². The molecule has 0 saturated carbocycles. The summed E-state index contributed by atoms with van der Waals surface area (Å²) in [5.41, 5.74) is 1.91. The molecule has 0 fully saturated rings. The second kappa shape index (κ2) is 6.14. The van der Waals surface area contributed by atoms with Gasteiger partial charge in [-0.05, 0) is 0 Å². The van der Waals surface area contributed by atoms with E-state index in [4.69, 9.17) is 9.47 Å². The number of hydrogen-bond acceptors (Lipinski definition) is 6. The summed E-state index contributed by atoms with van der Waals surface area (Å²) in [5, 5.41) is 7.40. The van der Waals surface area contributed by atoms with Crippen molar-refractivity contribution in [3.05, 3.63) is 29.8 Å². The van der Waals surface area contributed by atoms with E-state index in [0.29, 0.717) is 24.8 Å². The van der Waals surface area contributed by atoms with Crippen LogP contribution in [0.4, 0.5) is 0 Å². The summed E-state index contributed by atoms with van der Waals surface area (Å²) in [7, 11) is 5.04. The highest BCUT2D eigenvalue weighted by Crippen LogP contribution is 2.22. The van der Waals surface area contributed by atoms with Gasteiger partial charge in [0.2, 0.25) is 11.8 Å². The molecule has 0 amide bonds. The zero-order chi connectivity index (χ0) is 13.7. The van der Waals surface area contributed by atoms with Gasteiger partial charge in [-0.25, -0.2) is 9.97 Å². The summed E-state index contributed by atoms with van der Waals surface area (Å²) in [6.45, 7) is 1.26. The van der Waals surface area contributed by atoms with E-state index in [0.717, 1.165) is 11.1 Å². The van der Waals surface area contributed by atoms with Gasteiger partial charge in [-0.15, -0.1) is 0 Å². The minimum Gasteiger partial charge on any atom is -0.481 e. The number of ether oxygens (including phenoxy) is 2. The Kier molecular flexibility index (Phi) is 4.30. The quantitative estimate of drug-likeness (QED) is 0.819. The molecule has 0 unspecified atom stereocenters. The summed E-state index contributed by atoms with van der Waals surface area (Å²) in [6.07, 6.45) is 5.20. The number of methoxy groups -OCH3 is 2. The van der Waals surface area contributed by atoms with Crippen molar-refractivity contribution in [1.29, 1.82) is 0 Å². The second-order valence-corrected chi connectivity index (χ2v) is 4.00. The van der Waals surface area contributed by atoms with Gasteiger partial charge in [-0.1, -0.05) is 0 Å². The molecule has 1 N–H and O–H groups in total. The van der Waals surface area contributed by atoms with Crippen molar-refractivity contribution in [2.45, 2.75) is 13.1 Å². The number of nitrogens with zero attached hydrogens (tertiary/aromatic N) is 4. The van der Waals surface area contributed by atoms with E-state index < -0.39 is 0 Å². The van der Waals surface area contributed by atoms with Gasteiger partial charge in [0, 0.05) is 31.9 Å². The van der Waals surface area contributed by atoms with Gasteiger partial charge in [-0.2, -0.15) is 5.10 Å². The zero-order valence-corrected chi connectivity index (χ0v) is 11.3. The monoisotopic (exact) mass is 263 g/mol. The lowest BCUT2D eigenvalue weighted by Crippen LogP contribution is -2.15. The molecular weight excluding hydrogens is 246 g/mol. The van der Waals surface area contributed by atoms with Gasteiger partial charge in [0.1, 0.15) is 6.33 Å². The molecule has 0 saturated heterocycles. The van der Waals surface area contributed by atoms with Crippen LogP contribution in [0.5, 0.6) is 11.8 Å². The van der Waals surface area contributed by atoms with E-state index in [1.54, 1.807) is 18.9 Å². The van der Waals surface area contributed by atoms with Gasteiger partial charge in [0.25, 0.3) is 0 Å². The normalized spacial score (nSPS) is 10.5. The molecule has 2 aromatic heterocycles. The van der Waals surface area contributed by atoms with Crippen LogP contribution in [0.25, 0.3) is 0 Å². The molecule has 2 aromatic rings. The maximum absolute atomic E-state index is 5.21. The van der Waals surface area contributed by atoms with E-state index in [-0.39, 0.29) is 0 Å². The molecule has 0 atom stereocenters. The van der Waals surface area contributed by atoms with Crippen molar-refractivity contribution < 1.29 is 9.47 Å². The van der Waals surface area contributed by atoms with E-state index in [1.165, 1.54) is 6.33 Å². The van der Waals surface area contributed by atoms with Crippen molar-refractivity contribution in [1.82, 2.24) is 25.1 Å². The highest BCUT2D eigenvalue weighted by Gasteiger charge is 2.12. The molecule has 19 heavy (non-hydrogen) atoms. The summed E-state index contributed by atoms with van der Waals surface area (Å²) >= 11 is 0. The molecule has 2 rings (SSSR count). The molecular formula is C12H17N5O2. The van der Waals surface area contributed by atoms with Crippen LogP contribution < -0.4 is 14.8 Å². The number of hydrogen-bond donors (Lipinski definition) is 1. The van der Waals surface area contributed by atoms with Crippen LogP contribution in [0.2, 0.25) is 0 Å². The highest BCUT2D eigenvalue weighted by molar-refractivity contribution is 5.34. The first-order valence-electron chi connectivity index (χ1n) is 5.84. The van der Waals surface area contributed by atoms with Crippen molar-refractivity contribution >= 4 is 0 Å². The summed E-state index contributed by atoms with van der Waals surface area (Å²) < 4.78 is 12.2. The van der Waals surface area contributed by atoms with Crippen molar-refractivity contribution in [2.75, 3.05) is 14.2 Å². The molecule has 7 heteroatoms. The van der Waals surface area contributed by atoms with Crippen molar-refractivity contribution in [2.24, 2.45) is 7.05 Å². The Morgan fingerprint density at radius 3 is 2.37 bits per heavy atom. The van der Waals surface area contributed by atoms with Crippen LogP contribution in [-0.2, 0) is 20.1 Å². The van der Waals surface area contributed by atoms with E-state index in [9.17, 15) is 0 Å². The summed E-state index contributed by atoms with van der Waals surface area (Å²) in [6, 6.07) is 0. The first-order valence-corrected chi connectivity index (χ1v) is 5.84. The van der Waals surface area contributed by atoms with E-state index >= 15 is 0 Å². The summed E-state index contributed by atoms with van der Waals surface area (Å²) in [4.78, 5) is 8.13. The molecule has 0 aliphatic carbocycles. The fraction of sp³-hybridized carbons (Fsp3) is 0.417. The van der Waals surface area contributed by atoms with Gasteiger partial charge < -0.3 is 14.8 Å². The largest absolute Gasteiger partial charge is 0.481 e. The van der Waals surface area contributed by atoms with Crippen LogP contribution in [-0.4, -0.2) is 34.0 Å². The molecule has 102 valence electrons. The SMILES string of the molecule is COc1ncnc(OC)c1CNCc1cnn(C)c1. The number of aryl methyl sites for hydroxylation is 1. The van der Waals surface area contributed by atoms with Crippen LogP contribution in [0, 0.1) is 0 Å². The van der Waals surface area contributed by atoms with Crippen molar-refractivity contribution in [3.8, 4) is 11.8 Å². The Balaban J connectivity index is 2.02. The third-order valence-corrected chi connectivity index (χ3v) is 2.64. The van der Waals surface area contributed by atoms with Gasteiger partial charge in [-0.3, -0.25) is 4.68 Å². The van der Waals surface area contributed by atoms with Crippen LogP contribution >= 0.6 is 0 Å². The minimum atomic E-state index is 0.519. The lowest BCUT2D eigenvalue weighted by atomic mass is 10.3. The Morgan fingerprint density at radius 2 is 1.84 bits per heavy atom. The number of nitrogens with one attached hydrogen (secondary N) is 1. The number of rotatable bonds is 6.